The fraction of sp³-hybridized carbons (Fsp3) is 0.318. The van der Waals surface area contributed by atoms with Crippen LogP contribution in [0.4, 0.5) is 0 Å². The second-order valence-electron chi connectivity index (χ2n) is 14.4. The van der Waals surface area contributed by atoms with Gasteiger partial charge in [0.25, 0.3) is 0 Å². The first-order valence-corrected chi connectivity index (χ1v) is 17.2. The first-order valence-electron chi connectivity index (χ1n) is 17.2. The molecule has 4 nitrogen and oxygen atoms in total. The Bertz CT molecular complexity index is 1650. The second kappa shape index (κ2) is 14.2. The molecule has 0 radical (unpaired) electrons. The standard InChI is InChI=1S/C44H50O4/c1-25(2)35-21-29(13-17-39(35)45)43(30-14-18-40(46)36(22-30)26(3)4)33-11-9-10-12-34(33)44(31-15-19-41(47)37(23-31)27(5)6)32-16-20-42(48)38(24-32)28(7)8/h9-28,43-48H,1-8H3. The van der Waals surface area contributed by atoms with E-state index < -0.39 is 0 Å². The van der Waals surface area contributed by atoms with Crippen molar-refractivity contribution in [2.24, 2.45) is 0 Å². The molecule has 0 unspecified atom stereocenters. The van der Waals surface area contributed by atoms with Crippen molar-refractivity contribution in [3.05, 3.63) is 153 Å². The average Bonchev–Trinajstić information content (AvgIpc) is 3.04. The average molecular weight is 643 g/mol. The highest BCUT2D eigenvalue weighted by Crippen LogP contribution is 2.45. The van der Waals surface area contributed by atoms with E-state index in [4.69, 9.17) is 0 Å². The third-order valence-electron chi connectivity index (χ3n) is 9.65. The van der Waals surface area contributed by atoms with E-state index in [1.165, 1.54) is 0 Å². The lowest BCUT2D eigenvalue weighted by Crippen LogP contribution is -2.13. The fourth-order valence-electron chi connectivity index (χ4n) is 7.00. The molecule has 0 fully saturated rings. The molecular formula is C44H50O4. The van der Waals surface area contributed by atoms with Crippen LogP contribution in [0.3, 0.4) is 0 Å². The quantitative estimate of drug-likeness (QED) is 0.114. The van der Waals surface area contributed by atoms with Gasteiger partial charge in [-0.1, -0.05) is 128 Å². The van der Waals surface area contributed by atoms with Gasteiger partial charge >= 0.3 is 0 Å². The molecule has 5 rings (SSSR count). The molecule has 0 saturated heterocycles. The monoisotopic (exact) mass is 642 g/mol. The Morgan fingerprint density at radius 2 is 0.542 bits per heavy atom. The highest BCUT2D eigenvalue weighted by Gasteiger charge is 2.28. The summed E-state index contributed by atoms with van der Waals surface area (Å²) < 4.78 is 0. The fourth-order valence-corrected chi connectivity index (χ4v) is 7.00. The van der Waals surface area contributed by atoms with Gasteiger partial charge in [-0.3, -0.25) is 0 Å². The molecule has 0 spiro atoms. The van der Waals surface area contributed by atoms with E-state index in [-0.39, 0.29) is 58.5 Å². The Labute approximate surface area is 286 Å². The van der Waals surface area contributed by atoms with Crippen molar-refractivity contribution < 1.29 is 20.4 Å². The summed E-state index contributed by atoms with van der Waals surface area (Å²) in [6.07, 6.45) is 0. The van der Waals surface area contributed by atoms with Crippen molar-refractivity contribution in [1.82, 2.24) is 0 Å². The van der Waals surface area contributed by atoms with E-state index in [9.17, 15) is 20.4 Å². The Hall–Kier alpha value is -4.70. The third-order valence-corrected chi connectivity index (χ3v) is 9.65. The van der Waals surface area contributed by atoms with E-state index in [1.807, 2.05) is 24.3 Å². The number of hydrogen-bond donors (Lipinski definition) is 4. The number of aromatic hydroxyl groups is 4. The van der Waals surface area contributed by atoms with Crippen molar-refractivity contribution in [2.45, 2.75) is 90.9 Å². The van der Waals surface area contributed by atoms with Crippen molar-refractivity contribution in [1.29, 1.82) is 0 Å². The summed E-state index contributed by atoms with van der Waals surface area (Å²) in [5.41, 5.74) is 9.92. The molecule has 0 bridgehead atoms. The van der Waals surface area contributed by atoms with Crippen LogP contribution in [0.1, 0.15) is 147 Å². The van der Waals surface area contributed by atoms with Gasteiger partial charge in [0.15, 0.2) is 0 Å². The minimum atomic E-state index is -0.219. The molecule has 4 heteroatoms. The third kappa shape index (κ3) is 6.94. The van der Waals surface area contributed by atoms with E-state index in [0.717, 1.165) is 55.6 Å². The molecule has 0 aromatic heterocycles. The minimum absolute atomic E-state index is 0.123. The smallest absolute Gasteiger partial charge is 0.119 e. The zero-order chi connectivity index (χ0) is 34.9. The van der Waals surface area contributed by atoms with Crippen LogP contribution >= 0.6 is 0 Å². The lowest BCUT2D eigenvalue weighted by atomic mass is 9.74. The summed E-state index contributed by atoms with van der Waals surface area (Å²) in [6, 6.07) is 32.2. The molecule has 0 aliphatic carbocycles. The van der Waals surface area contributed by atoms with Gasteiger partial charge in [-0.15, -0.1) is 0 Å². The molecule has 0 aliphatic rings. The lowest BCUT2D eigenvalue weighted by Gasteiger charge is -2.29. The van der Waals surface area contributed by atoms with E-state index in [2.05, 4.69) is 104 Å². The van der Waals surface area contributed by atoms with Crippen LogP contribution in [0, 0.1) is 0 Å². The Balaban J connectivity index is 1.86. The SMILES string of the molecule is CC(C)c1cc(C(c2ccc(O)c(C(C)C)c2)c2ccccc2C(c2ccc(O)c(C(C)C)c2)c2ccc(O)c(C(C)C)c2)ccc1O. The Morgan fingerprint density at radius 3 is 0.750 bits per heavy atom. The minimum Gasteiger partial charge on any atom is -0.508 e. The van der Waals surface area contributed by atoms with E-state index in [1.54, 1.807) is 24.3 Å². The van der Waals surface area contributed by atoms with Gasteiger partial charge in [-0.25, -0.2) is 0 Å². The van der Waals surface area contributed by atoms with Crippen molar-refractivity contribution >= 4 is 0 Å². The Kier molecular flexibility index (Phi) is 10.2. The summed E-state index contributed by atoms with van der Waals surface area (Å²) >= 11 is 0. The van der Waals surface area contributed by atoms with Crippen molar-refractivity contribution in [3.63, 3.8) is 0 Å². The second-order valence-corrected chi connectivity index (χ2v) is 14.4. The van der Waals surface area contributed by atoms with Crippen LogP contribution in [0.5, 0.6) is 23.0 Å². The molecular weight excluding hydrogens is 592 g/mol. The topological polar surface area (TPSA) is 80.9 Å². The van der Waals surface area contributed by atoms with Gasteiger partial charge in [0, 0.05) is 11.8 Å². The molecule has 4 N–H and O–H groups in total. The van der Waals surface area contributed by atoms with Gasteiger partial charge in [0.1, 0.15) is 23.0 Å². The Morgan fingerprint density at radius 1 is 0.312 bits per heavy atom. The maximum Gasteiger partial charge on any atom is 0.119 e. The zero-order valence-electron chi connectivity index (χ0n) is 29.5. The van der Waals surface area contributed by atoms with Gasteiger partial charge < -0.3 is 20.4 Å². The van der Waals surface area contributed by atoms with Gasteiger partial charge in [0.2, 0.25) is 0 Å². The molecule has 48 heavy (non-hydrogen) atoms. The first kappa shape index (κ1) is 34.6. The molecule has 5 aromatic carbocycles. The van der Waals surface area contributed by atoms with Crippen LogP contribution in [0.2, 0.25) is 0 Å². The van der Waals surface area contributed by atoms with Gasteiger partial charge in [-0.05, 0) is 104 Å². The van der Waals surface area contributed by atoms with Crippen LogP contribution in [0.25, 0.3) is 0 Å². The molecule has 0 amide bonds. The summed E-state index contributed by atoms with van der Waals surface area (Å²) in [5, 5.41) is 43.3. The van der Waals surface area contributed by atoms with E-state index in [0.29, 0.717) is 0 Å². The largest absolute Gasteiger partial charge is 0.508 e. The van der Waals surface area contributed by atoms with Crippen molar-refractivity contribution in [2.75, 3.05) is 0 Å². The summed E-state index contributed by atoms with van der Waals surface area (Å²) in [7, 11) is 0. The number of phenols is 4. The molecule has 250 valence electrons. The molecule has 5 aromatic rings. The number of benzene rings is 5. The zero-order valence-corrected chi connectivity index (χ0v) is 29.5. The highest BCUT2D eigenvalue weighted by molar-refractivity contribution is 5.57. The predicted molar refractivity (Wildman–Crippen MR) is 197 cm³/mol. The lowest BCUT2D eigenvalue weighted by molar-refractivity contribution is 0.463. The highest BCUT2D eigenvalue weighted by atomic mass is 16.3. The number of hydrogen-bond acceptors (Lipinski definition) is 4. The molecule has 0 atom stereocenters. The molecule has 0 saturated carbocycles. The van der Waals surface area contributed by atoms with Crippen LogP contribution in [-0.4, -0.2) is 20.4 Å². The number of phenolic OH excluding ortho intramolecular Hbond substituents is 4. The van der Waals surface area contributed by atoms with Crippen LogP contribution in [-0.2, 0) is 0 Å². The predicted octanol–water partition coefficient (Wildman–Crippen LogP) is 11.4. The summed E-state index contributed by atoms with van der Waals surface area (Å²) in [6.45, 7) is 16.7. The maximum absolute atomic E-state index is 10.8. The normalized spacial score (nSPS) is 12.0. The molecule has 0 heterocycles. The summed E-state index contributed by atoms with van der Waals surface area (Å²) in [5.74, 6) is 1.17. The number of rotatable bonds is 10. The first-order chi connectivity index (χ1) is 22.8. The van der Waals surface area contributed by atoms with Gasteiger partial charge in [-0.2, -0.15) is 0 Å². The maximum atomic E-state index is 10.8. The summed E-state index contributed by atoms with van der Waals surface area (Å²) in [4.78, 5) is 0. The van der Waals surface area contributed by atoms with Crippen molar-refractivity contribution in [3.8, 4) is 23.0 Å². The van der Waals surface area contributed by atoms with Gasteiger partial charge in [0.05, 0.1) is 0 Å². The van der Waals surface area contributed by atoms with Crippen LogP contribution < -0.4 is 0 Å². The molecule has 0 aliphatic heterocycles. The van der Waals surface area contributed by atoms with Crippen LogP contribution in [0.15, 0.2) is 97.1 Å². The van der Waals surface area contributed by atoms with E-state index >= 15 is 0 Å².